The Kier molecular flexibility index (Phi) is 5.37. The van der Waals surface area contributed by atoms with E-state index in [1.807, 2.05) is 0 Å². The average Bonchev–Trinajstić information content (AvgIpc) is 2.69. The SMILES string of the molecule is CCN(C(=S)NCC(C)C)C1CCCC1. The lowest BCUT2D eigenvalue weighted by Crippen LogP contribution is -2.45. The highest BCUT2D eigenvalue weighted by atomic mass is 32.1. The number of hydrogen-bond donors (Lipinski definition) is 1. The molecule has 0 amide bonds. The fraction of sp³-hybridized carbons (Fsp3) is 0.917. The van der Waals surface area contributed by atoms with E-state index in [2.05, 4.69) is 31.0 Å². The normalized spacial score (nSPS) is 17.1. The van der Waals surface area contributed by atoms with Gasteiger partial charge in [0.05, 0.1) is 0 Å². The van der Waals surface area contributed by atoms with Crippen LogP contribution < -0.4 is 5.32 Å². The quantitative estimate of drug-likeness (QED) is 0.745. The Balaban J connectivity index is 2.39. The zero-order valence-corrected chi connectivity index (χ0v) is 11.1. The molecule has 0 saturated heterocycles. The van der Waals surface area contributed by atoms with Gasteiger partial charge in [0.15, 0.2) is 5.11 Å². The zero-order valence-electron chi connectivity index (χ0n) is 10.3. The minimum Gasteiger partial charge on any atom is -0.362 e. The predicted molar refractivity (Wildman–Crippen MR) is 70.1 cm³/mol. The summed E-state index contributed by atoms with van der Waals surface area (Å²) in [6, 6.07) is 0.696. The van der Waals surface area contributed by atoms with Crippen molar-refractivity contribution in [3.8, 4) is 0 Å². The molecule has 0 radical (unpaired) electrons. The van der Waals surface area contributed by atoms with E-state index in [-0.39, 0.29) is 0 Å². The Labute approximate surface area is 99.4 Å². The van der Waals surface area contributed by atoms with Crippen LogP contribution in [-0.4, -0.2) is 29.1 Å². The van der Waals surface area contributed by atoms with E-state index in [0.717, 1.165) is 18.2 Å². The fourth-order valence-electron chi connectivity index (χ4n) is 2.18. The second kappa shape index (κ2) is 6.31. The third-order valence-electron chi connectivity index (χ3n) is 3.03. The van der Waals surface area contributed by atoms with Crippen molar-refractivity contribution in [2.75, 3.05) is 13.1 Å². The Morgan fingerprint density at radius 3 is 2.47 bits per heavy atom. The lowest BCUT2D eigenvalue weighted by Gasteiger charge is -2.30. The van der Waals surface area contributed by atoms with Gasteiger partial charge in [-0.05, 0) is 37.9 Å². The molecular weight excluding hydrogens is 204 g/mol. The first kappa shape index (κ1) is 12.8. The standard InChI is InChI=1S/C12H24N2S/c1-4-14(11-7-5-6-8-11)12(15)13-9-10(2)3/h10-11H,4-9H2,1-3H3,(H,13,15). The van der Waals surface area contributed by atoms with Crippen LogP contribution in [0.15, 0.2) is 0 Å². The van der Waals surface area contributed by atoms with E-state index in [4.69, 9.17) is 12.2 Å². The van der Waals surface area contributed by atoms with E-state index < -0.39 is 0 Å². The van der Waals surface area contributed by atoms with Crippen LogP contribution >= 0.6 is 12.2 Å². The second-order valence-corrected chi connectivity index (χ2v) is 5.19. The number of nitrogens with zero attached hydrogens (tertiary/aromatic N) is 1. The highest BCUT2D eigenvalue weighted by Crippen LogP contribution is 2.23. The molecule has 1 aliphatic rings. The molecule has 0 unspecified atom stereocenters. The van der Waals surface area contributed by atoms with Crippen LogP contribution in [-0.2, 0) is 0 Å². The first-order chi connectivity index (χ1) is 7.15. The molecule has 2 nitrogen and oxygen atoms in total. The second-order valence-electron chi connectivity index (χ2n) is 4.80. The molecule has 1 rings (SSSR count). The van der Waals surface area contributed by atoms with Crippen molar-refractivity contribution in [3.63, 3.8) is 0 Å². The molecule has 88 valence electrons. The topological polar surface area (TPSA) is 15.3 Å². The molecule has 3 heteroatoms. The molecule has 1 N–H and O–H groups in total. The molecule has 0 bridgehead atoms. The Bertz CT molecular complexity index is 198. The number of hydrogen-bond acceptors (Lipinski definition) is 1. The molecule has 0 aliphatic heterocycles. The minimum absolute atomic E-state index is 0.658. The zero-order chi connectivity index (χ0) is 11.3. The van der Waals surface area contributed by atoms with Crippen LogP contribution in [0, 0.1) is 5.92 Å². The van der Waals surface area contributed by atoms with Crippen molar-refractivity contribution in [3.05, 3.63) is 0 Å². The van der Waals surface area contributed by atoms with Gasteiger partial charge in [-0.2, -0.15) is 0 Å². The Morgan fingerprint density at radius 2 is 2.00 bits per heavy atom. The van der Waals surface area contributed by atoms with E-state index in [9.17, 15) is 0 Å². The molecule has 1 fully saturated rings. The van der Waals surface area contributed by atoms with Gasteiger partial charge in [-0.15, -0.1) is 0 Å². The largest absolute Gasteiger partial charge is 0.362 e. The fourth-order valence-corrected chi connectivity index (χ4v) is 2.54. The van der Waals surface area contributed by atoms with Crippen molar-refractivity contribution >= 4 is 17.3 Å². The molecule has 0 heterocycles. The van der Waals surface area contributed by atoms with Gasteiger partial charge >= 0.3 is 0 Å². The van der Waals surface area contributed by atoms with Gasteiger partial charge in [-0.1, -0.05) is 26.7 Å². The first-order valence-electron chi connectivity index (χ1n) is 6.19. The van der Waals surface area contributed by atoms with Gasteiger partial charge in [0.2, 0.25) is 0 Å². The molecule has 0 spiro atoms. The maximum absolute atomic E-state index is 5.44. The van der Waals surface area contributed by atoms with Gasteiger partial charge in [0, 0.05) is 19.1 Å². The minimum atomic E-state index is 0.658. The van der Waals surface area contributed by atoms with Crippen molar-refractivity contribution in [2.45, 2.75) is 52.5 Å². The summed E-state index contributed by atoms with van der Waals surface area (Å²) in [5.74, 6) is 0.658. The number of nitrogens with one attached hydrogen (secondary N) is 1. The lowest BCUT2D eigenvalue weighted by molar-refractivity contribution is 0.323. The smallest absolute Gasteiger partial charge is 0.169 e. The summed E-state index contributed by atoms with van der Waals surface area (Å²) in [7, 11) is 0. The average molecular weight is 228 g/mol. The summed E-state index contributed by atoms with van der Waals surface area (Å²) < 4.78 is 0. The third kappa shape index (κ3) is 3.98. The van der Waals surface area contributed by atoms with Crippen LogP contribution in [0.3, 0.4) is 0 Å². The maximum atomic E-state index is 5.44. The summed E-state index contributed by atoms with van der Waals surface area (Å²) in [6.07, 6.45) is 5.37. The van der Waals surface area contributed by atoms with E-state index in [0.29, 0.717) is 12.0 Å². The lowest BCUT2D eigenvalue weighted by atomic mass is 10.2. The van der Waals surface area contributed by atoms with Gasteiger partial charge < -0.3 is 10.2 Å². The summed E-state index contributed by atoms with van der Waals surface area (Å²) in [5.41, 5.74) is 0. The maximum Gasteiger partial charge on any atom is 0.169 e. The molecule has 1 aliphatic carbocycles. The first-order valence-corrected chi connectivity index (χ1v) is 6.60. The summed E-state index contributed by atoms with van der Waals surface area (Å²) in [4.78, 5) is 2.37. The van der Waals surface area contributed by atoms with Crippen LogP contribution in [0.5, 0.6) is 0 Å². The highest BCUT2D eigenvalue weighted by Gasteiger charge is 2.22. The van der Waals surface area contributed by atoms with Crippen molar-refractivity contribution in [1.82, 2.24) is 10.2 Å². The Morgan fingerprint density at radius 1 is 1.40 bits per heavy atom. The van der Waals surface area contributed by atoms with Crippen LogP contribution in [0.2, 0.25) is 0 Å². The molecular formula is C12H24N2S. The molecule has 0 aromatic rings. The summed E-state index contributed by atoms with van der Waals surface area (Å²) in [6.45, 7) is 8.64. The monoisotopic (exact) mass is 228 g/mol. The molecule has 0 aromatic carbocycles. The molecule has 0 atom stereocenters. The van der Waals surface area contributed by atoms with Crippen LogP contribution in [0.1, 0.15) is 46.5 Å². The van der Waals surface area contributed by atoms with Crippen molar-refractivity contribution in [2.24, 2.45) is 5.92 Å². The molecule has 1 saturated carbocycles. The van der Waals surface area contributed by atoms with E-state index in [1.165, 1.54) is 25.7 Å². The van der Waals surface area contributed by atoms with Gasteiger partial charge in [0.1, 0.15) is 0 Å². The third-order valence-corrected chi connectivity index (χ3v) is 3.41. The van der Waals surface area contributed by atoms with Gasteiger partial charge in [-0.3, -0.25) is 0 Å². The Hall–Kier alpha value is -0.310. The summed E-state index contributed by atoms with van der Waals surface area (Å²) >= 11 is 5.44. The molecule has 15 heavy (non-hydrogen) atoms. The highest BCUT2D eigenvalue weighted by molar-refractivity contribution is 7.80. The van der Waals surface area contributed by atoms with Crippen LogP contribution in [0.25, 0.3) is 0 Å². The predicted octanol–water partition coefficient (Wildman–Crippen LogP) is 2.78. The van der Waals surface area contributed by atoms with Gasteiger partial charge in [-0.25, -0.2) is 0 Å². The molecule has 0 aromatic heterocycles. The van der Waals surface area contributed by atoms with Crippen molar-refractivity contribution in [1.29, 1.82) is 0 Å². The number of rotatable bonds is 4. The van der Waals surface area contributed by atoms with Crippen LogP contribution in [0.4, 0.5) is 0 Å². The van der Waals surface area contributed by atoms with E-state index in [1.54, 1.807) is 0 Å². The summed E-state index contributed by atoms with van der Waals surface area (Å²) in [5, 5.41) is 4.32. The van der Waals surface area contributed by atoms with Gasteiger partial charge in [0.25, 0.3) is 0 Å². The van der Waals surface area contributed by atoms with Crippen molar-refractivity contribution < 1.29 is 0 Å². The number of thiocarbonyl (C=S) groups is 1. The van der Waals surface area contributed by atoms with E-state index >= 15 is 0 Å².